The summed E-state index contributed by atoms with van der Waals surface area (Å²) < 4.78 is 39.0. The smallest absolute Gasteiger partial charge is 0.330 e. The summed E-state index contributed by atoms with van der Waals surface area (Å²) in [6, 6.07) is 3.66. The molecule has 62 heavy (non-hydrogen) atoms. The highest BCUT2D eigenvalue weighted by atomic mass is 32.2. The Labute approximate surface area is 367 Å². The average Bonchev–Trinajstić information content (AvgIpc) is 3.44. The van der Waals surface area contributed by atoms with Crippen LogP contribution in [-0.2, 0) is 24.4 Å². The summed E-state index contributed by atoms with van der Waals surface area (Å²) >= 11 is 1.44. The van der Waals surface area contributed by atoms with Crippen LogP contribution < -0.4 is 30.7 Å². The fourth-order valence-corrected chi connectivity index (χ4v) is 10.3. The van der Waals surface area contributed by atoms with Crippen LogP contribution in [0.2, 0.25) is 0 Å². The summed E-state index contributed by atoms with van der Waals surface area (Å²) in [5.74, 6) is -1.91. The second kappa shape index (κ2) is 17.6. The van der Waals surface area contributed by atoms with Gasteiger partial charge in [0.25, 0.3) is 0 Å². The SMILES string of the molecule is C=CC1C[C@]1(NC(=O)[C@@H]1C[C@@H](Oc2cc(-c3csc(NC(C)C)n3)nc3cc(OC)ccc23)CN1C(=O)[C@@H](NC(=O)NC(CN1CCCS1(=O)=O)C(C)(C)C)C(C)(C)C)C(=O)O. The molecule has 338 valence electrons. The minimum absolute atomic E-state index is 0.0000434. The molecule has 2 aliphatic heterocycles. The number of aromatic nitrogens is 2. The van der Waals surface area contributed by atoms with E-state index in [9.17, 15) is 32.7 Å². The minimum atomic E-state index is -3.45. The Morgan fingerprint density at radius 1 is 1.06 bits per heavy atom. The van der Waals surface area contributed by atoms with E-state index in [0.717, 1.165) is 5.13 Å². The van der Waals surface area contributed by atoms with Crippen molar-refractivity contribution in [1.82, 2.24) is 35.1 Å². The van der Waals surface area contributed by atoms with Crippen molar-refractivity contribution >= 4 is 61.2 Å². The number of benzene rings is 1. The number of likely N-dealkylation sites (tertiary alicyclic amines) is 1. The molecule has 0 radical (unpaired) electrons. The number of sulfonamides is 1. The van der Waals surface area contributed by atoms with Crippen molar-refractivity contribution in [3.8, 4) is 22.9 Å². The van der Waals surface area contributed by atoms with Gasteiger partial charge in [-0.2, -0.15) is 4.31 Å². The summed E-state index contributed by atoms with van der Waals surface area (Å²) in [7, 11) is -1.89. The number of nitrogens with one attached hydrogen (secondary N) is 4. The van der Waals surface area contributed by atoms with Gasteiger partial charge in [-0.15, -0.1) is 17.9 Å². The summed E-state index contributed by atoms with van der Waals surface area (Å²) in [5.41, 5.74) is -1.30. The van der Waals surface area contributed by atoms with Gasteiger partial charge in [0.15, 0.2) is 5.13 Å². The summed E-state index contributed by atoms with van der Waals surface area (Å²) in [6.07, 6.45) is 1.38. The number of amides is 4. The number of pyridine rings is 1. The number of nitrogens with zero attached hydrogens (tertiary/aromatic N) is 4. The molecule has 3 aliphatic rings. The Balaban J connectivity index is 1.31. The first-order valence-corrected chi connectivity index (χ1v) is 23.4. The molecule has 0 bridgehead atoms. The Morgan fingerprint density at radius 2 is 1.79 bits per heavy atom. The van der Waals surface area contributed by atoms with Gasteiger partial charge in [0.2, 0.25) is 21.8 Å². The van der Waals surface area contributed by atoms with E-state index in [1.165, 1.54) is 26.6 Å². The molecule has 19 heteroatoms. The highest BCUT2D eigenvalue weighted by Gasteiger charge is 2.61. The normalized spacial score (nSPS) is 23.4. The topological polar surface area (TPSA) is 221 Å². The average molecular weight is 897 g/mol. The number of carboxylic acid groups (broad SMARTS) is 1. The number of hydrogen-bond donors (Lipinski definition) is 5. The van der Waals surface area contributed by atoms with Crippen molar-refractivity contribution in [3.05, 3.63) is 42.3 Å². The lowest BCUT2D eigenvalue weighted by Crippen LogP contribution is -2.62. The van der Waals surface area contributed by atoms with Gasteiger partial charge < -0.3 is 40.7 Å². The van der Waals surface area contributed by atoms with Gasteiger partial charge in [-0.05, 0) is 49.7 Å². The molecule has 2 aromatic heterocycles. The molecule has 2 unspecified atom stereocenters. The lowest BCUT2D eigenvalue weighted by atomic mass is 9.85. The number of thiazole rings is 1. The monoisotopic (exact) mass is 896 g/mol. The molecule has 0 spiro atoms. The molecule has 3 aromatic rings. The molecule has 1 saturated carbocycles. The van der Waals surface area contributed by atoms with Crippen LogP contribution in [0.15, 0.2) is 42.3 Å². The maximum atomic E-state index is 14.9. The largest absolute Gasteiger partial charge is 0.497 e. The molecule has 6 rings (SSSR count). The van der Waals surface area contributed by atoms with E-state index in [1.54, 1.807) is 46.1 Å². The van der Waals surface area contributed by atoms with Crippen molar-refractivity contribution < 1.29 is 42.2 Å². The maximum Gasteiger partial charge on any atom is 0.330 e. The van der Waals surface area contributed by atoms with Crippen LogP contribution in [0.4, 0.5) is 9.93 Å². The third kappa shape index (κ3) is 10.1. The van der Waals surface area contributed by atoms with Gasteiger partial charge in [0.1, 0.15) is 40.9 Å². The number of carboxylic acids is 1. The van der Waals surface area contributed by atoms with E-state index in [0.29, 0.717) is 46.8 Å². The van der Waals surface area contributed by atoms with Gasteiger partial charge in [-0.1, -0.05) is 47.6 Å². The van der Waals surface area contributed by atoms with E-state index in [-0.39, 0.29) is 37.7 Å². The second-order valence-corrected chi connectivity index (χ2v) is 21.8. The Kier molecular flexibility index (Phi) is 13.2. The fraction of sp³-hybridized carbons (Fsp3) is 0.581. The first-order chi connectivity index (χ1) is 28.9. The molecule has 1 aliphatic carbocycles. The van der Waals surface area contributed by atoms with E-state index in [2.05, 4.69) is 27.8 Å². The van der Waals surface area contributed by atoms with E-state index in [4.69, 9.17) is 19.4 Å². The van der Waals surface area contributed by atoms with Crippen LogP contribution in [0.3, 0.4) is 0 Å². The lowest BCUT2D eigenvalue weighted by molar-refractivity contribution is -0.146. The highest BCUT2D eigenvalue weighted by molar-refractivity contribution is 7.89. The number of aliphatic carboxylic acids is 1. The quantitative estimate of drug-likeness (QED) is 0.129. The summed E-state index contributed by atoms with van der Waals surface area (Å²) in [6.45, 7) is 19.1. The van der Waals surface area contributed by atoms with Gasteiger partial charge in [-0.25, -0.2) is 28.0 Å². The lowest BCUT2D eigenvalue weighted by Gasteiger charge is -2.37. The van der Waals surface area contributed by atoms with Crippen molar-refractivity contribution in [2.45, 2.75) is 110 Å². The van der Waals surface area contributed by atoms with Gasteiger partial charge in [-0.3, -0.25) is 9.59 Å². The number of fused-ring (bicyclic) bond motifs is 1. The van der Waals surface area contributed by atoms with Crippen molar-refractivity contribution in [1.29, 1.82) is 0 Å². The van der Waals surface area contributed by atoms with Crippen molar-refractivity contribution in [3.63, 3.8) is 0 Å². The molecule has 3 fully saturated rings. The third-order valence-corrected chi connectivity index (χ3v) is 14.4. The number of carbonyl (C=O) groups is 4. The molecule has 5 N–H and O–H groups in total. The maximum absolute atomic E-state index is 14.9. The standard InChI is InChI=1S/C43H60N8O9S2/c1-11-25-20-43(25,38(54)55)49-36(52)32-18-27(60-33-19-30(31-23-61-40(46-31)44-24(2)3)45-29-17-26(59-10)13-14-28(29)33)21-51(32)37(53)35(42(7,8)9)48-39(56)47-34(41(4,5)6)22-50-15-12-16-62(50,57)58/h11,13-14,17,19,23-25,27,32,34-35H,1,12,15-16,18,20-22H2,2-10H3,(H,44,46)(H,49,52)(H,54,55)(H2,47,48,56)/t25?,27-,32+,34?,35-,43-/m1/s1. The minimum Gasteiger partial charge on any atom is -0.497 e. The zero-order chi connectivity index (χ0) is 45.5. The molecule has 17 nitrogen and oxygen atoms in total. The number of carbonyl (C=O) groups excluding carboxylic acids is 3. The van der Waals surface area contributed by atoms with Gasteiger partial charge in [0.05, 0.1) is 30.6 Å². The number of hydrogen-bond acceptors (Lipinski definition) is 12. The molecule has 2 saturated heterocycles. The first kappa shape index (κ1) is 46.5. The predicted molar refractivity (Wildman–Crippen MR) is 238 cm³/mol. The van der Waals surface area contributed by atoms with Gasteiger partial charge in [0, 0.05) is 60.4 Å². The van der Waals surface area contributed by atoms with Gasteiger partial charge >= 0.3 is 12.0 Å². The van der Waals surface area contributed by atoms with Crippen LogP contribution in [0.1, 0.15) is 74.7 Å². The molecular weight excluding hydrogens is 837 g/mol. The van der Waals surface area contributed by atoms with E-state index in [1.807, 2.05) is 46.1 Å². The summed E-state index contributed by atoms with van der Waals surface area (Å²) in [5, 5.41) is 25.3. The van der Waals surface area contributed by atoms with Crippen LogP contribution in [0, 0.1) is 16.7 Å². The second-order valence-electron chi connectivity index (χ2n) is 18.9. The molecule has 1 aromatic carbocycles. The number of anilines is 1. The summed E-state index contributed by atoms with van der Waals surface area (Å²) in [4.78, 5) is 66.5. The van der Waals surface area contributed by atoms with Crippen molar-refractivity contribution in [2.24, 2.45) is 16.7 Å². The zero-order valence-corrected chi connectivity index (χ0v) is 38.5. The third-order valence-electron chi connectivity index (χ3n) is 11.7. The number of methoxy groups -OCH3 is 1. The van der Waals surface area contributed by atoms with E-state index < -0.39 is 80.4 Å². The van der Waals surface area contributed by atoms with Crippen LogP contribution in [0.25, 0.3) is 22.3 Å². The molecular formula is C43H60N8O9S2. The fourth-order valence-electron chi connectivity index (χ4n) is 7.89. The first-order valence-electron chi connectivity index (χ1n) is 20.9. The van der Waals surface area contributed by atoms with Crippen LogP contribution in [0.5, 0.6) is 11.5 Å². The van der Waals surface area contributed by atoms with E-state index >= 15 is 0 Å². The van der Waals surface area contributed by atoms with Crippen LogP contribution >= 0.6 is 11.3 Å². The zero-order valence-electron chi connectivity index (χ0n) is 36.9. The number of rotatable bonds is 15. The Bertz CT molecular complexity index is 2320. The van der Waals surface area contributed by atoms with Crippen molar-refractivity contribution in [2.75, 3.05) is 37.8 Å². The molecule has 4 amide bonds. The molecule has 6 atom stereocenters. The van der Waals surface area contributed by atoms with Crippen LogP contribution in [-0.4, -0.2) is 125 Å². The Hall–Kier alpha value is -5.01. The molecule has 4 heterocycles. The number of urea groups is 1. The highest BCUT2D eigenvalue weighted by Crippen LogP contribution is 2.45. The Morgan fingerprint density at radius 3 is 2.37 bits per heavy atom. The predicted octanol–water partition coefficient (Wildman–Crippen LogP) is 4.85. The number of ether oxygens (including phenoxy) is 2.